The van der Waals surface area contributed by atoms with Crippen LogP contribution in [0.3, 0.4) is 0 Å². The number of pyridine rings is 1. The summed E-state index contributed by atoms with van der Waals surface area (Å²) >= 11 is 0. The summed E-state index contributed by atoms with van der Waals surface area (Å²) in [4.78, 5) is 41.4. The third-order valence-corrected chi connectivity index (χ3v) is 5.11. The molecule has 2 aromatic carbocycles. The van der Waals surface area contributed by atoms with Gasteiger partial charge in [-0.1, -0.05) is 48.5 Å². The Balaban J connectivity index is 1.67. The van der Waals surface area contributed by atoms with Crippen LogP contribution < -0.4 is 5.32 Å². The van der Waals surface area contributed by atoms with E-state index in [0.717, 1.165) is 0 Å². The number of nitrogens with one attached hydrogen (secondary N) is 1. The van der Waals surface area contributed by atoms with Crippen LogP contribution in [-0.4, -0.2) is 39.2 Å². The lowest BCUT2D eigenvalue weighted by atomic mass is 10.1. The van der Waals surface area contributed by atoms with Crippen molar-refractivity contribution in [3.05, 3.63) is 96.3 Å². The summed E-state index contributed by atoms with van der Waals surface area (Å²) in [6.45, 7) is 3.19. The fourth-order valence-corrected chi connectivity index (χ4v) is 3.58. The van der Waals surface area contributed by atoms with Crippen LogP contribution in [0.2, 0.25) is 0 Å². The Labute approximate surface area is 207 Å². The fraction of sp³-hybridized carbons (Fsp3) is 0.148. The highest BCUT2D eigenvalue weighted by Crippen LogP contribution is 2.27. The maximum absolute atomic E-state index is 13.1. The van der Waals surface area contributed by atoms with E-state index in [9.17, 15) is 14.4 Å². The van der Waals surface area contributed by atoms with Gasteiger partial charge < -0.3 is 14.8 Å². The molecule has 0 radical (unpaired) electrons. The van der Waals surface area contributed by atoms with E-state index in [1.54, 1.807) is 78.5 Å². The molecule has 0 saturated heterocycles. The normalized spacial score (nSPS) is 11.4. The number of esters is 2. The Kier molecular flexibility index (Phi) is 7.50. The zero-order chi connectivity index (χ0) is 25.5. The number of rotatable bonds is 8. The Morgan fingerprint density at radius 2 is 1.75 bits per heavy atom. The number of aromatic nitrogens is 3. The Bertz CT molecular complexity index is 1370. The zero-order valence-electron chi connectivity index (χ0n) is 19.8. The average molecular weight is 485 g/mol. The van der Waals surface area contributed by atoms with Crippen LogP contribution in [0.25, 0.3) is 17.1 Å². The van der Waals surface area contributed by atoms with E-state index in [1.165, 1.54) is 6.92 Å². The number of hydrogen-bond donors (Lipinski definition) is 1. The average Bonchev–Trinajstić information content (AvgIpc) is 3.34. The van der Waals surface area contributed by atoms with Crippen molar-refractivity contribution in [2.45, 2.75) is 20.0 Å². The van der Waals surface area contributed by atoms with Gasteiger partial charge in [-0.2, -0.15) is 5.10 Å². The van der Waals surface area contributed by atoms with Gasteiger partial charge >= 0.3 is 11.9 Å². The molecule has 0 bridgehead atoms. The number of amides is 1. The van der Waals surface area contributed by atoms with Crippen molar-refractivity contribution in [3.63, 3.8) is 0 Å². The molecule has 0 fully saturated rings. The van der Waals surface area contributed by atoms with Gasteiger partial charge in [0.15, 0.2) is 11.5 Å². The second-order valence-electron chi connectivity index (χ2n) is 7.71. The third-order valence-electron chi connectivity index (χ3n) is 5.11. The van der Waals surface area contributed by atoms with Crippen molar-refractivity contribution >= 4 is 23.5 Å². The van der Waals surface area contributed by atoms with Crippen LogP contribution in [0.4, 0.5) is 5.69 Å². The molecule has 2 aromatic heterocycles. The van der Waals surface area contributed by atoms with Crippen molar-refractivity contribution in [2.24, 2.45) is 0 Å². The number of benzene rings is 2. The number of carbonyl (C=O) groups is 3. The number of anilines is 1. The highest BCUT2D eigenvalue weighted by molar-refractivity contribution is 5.96. The van der Waals surface area contributed by atoms with Crippen LogP contribution >= 0.6 is 0 Å². The number of carbonyl (C=O) groups excluding carboxylic acids is 3. The first-order valence-electron chi connectivity index (χ1n) is 11.3. The van der Waals surface area contributed by atoms with Crippen molar-refractivity contribution in [1.29, 1.82) is 0 Å². The molecule has 1 unspecified atom stereocenters. The van der Waals surface area contributed by atoms with Crippen LogP contribution in [-0.2, 0) is 19.1 Å². The SMILES string of the molecule is CCOC(=O)c1cc(-c2cccc(NC(=O)C(OC(C)=O)c3ccccc3)c2)n(-c2ccccn2)n1. The number of nitrogens with zero attached hydrogens (tertiary/aromatic N) is 3. The van der Waals surface area contributed by atoms with Gasteiger partial charge in [0.1, 0.15) is 0 Å². The van der Waals surface area contributed by atoms with Crippen LogP contribution in [0.1, 0.15) is 36.0 Å². The van der Waals surface area contributed by atoms with E-state index in [4.69, 9.17) is 9.47 Å². The minimum absolute atomic E-state index is 0.131. The first kappa shape index (κ1) is 24.3. The van der Waals surface area contributed by atoms with Crippen LogP contribution in [0, 0.1) is 0 Å². The molecule has 0 aliphatic rings. The third kappa shape index (κ3) is 5.64. The number of hydrogen-bond acceptors (Lipinski definition) is 7. The van der Waals surface area contributed by atoms with Gasteiger partial charge in [-0.3, -0.25) is 9.59 Å². The predicted octanol–water partition coefficient (Wildman–Crippen LogP) is 4.35. The lowest BCUT2D eigenvalue weighted by Crippen LogP contribution is -2.25. The van der Waals surface area contributed by atoms with E-state index in [-0.39, 0.29) is 12.3 Å². The highest BCUT2D eigenvalue weighted by Gasteiger charge is 2.24. The molecule has 1 amide bonds. The van der Waals surface area contributed by atoms with Gasteiger partial charge in [-0.25, -0.2) is 14.5 Å². The summed E-state index contributed by atoms with van der Waals surface area (Å²) in [6.07, 6.45) is 0.516. The van der Waals surface area contributed by atoms with Crippen molar-refractivity contribution in [1.82, 2.24) is 14.8 Å². The standard InChI is InChI=1S/C27H24N4O5/c1-3-35-27(34)22-17-23(31(30-22)24-14-7-8-15-28-24)20-12-9-13-21(16-20)29-26(33)25(36-18(2)32)19-10-5-4-6-11-19/h4-17,25H,3H2,1-2H3,(H,29,33). The molecule has 0 saturated carbocycles. The maximum Gasteiger partial charge on any atom is 0.358 e. The molecule has 9 nitrogen and oxygen atoms in total. The molecular formula is C27H24N4O5. The number of ether oxygens (including phenoxy) is 2. The van der Waals surface area contributed by atoms with Gasteiger partial charge in [0.05, 0.1) is 12.3 Å². The largest absolute Gasteiger partial charge is 0.461 e. The molecular weight excluding hydrogens is 460 g/mol. The quantitative estimate of drug-likeness (QED) is 0.370. The smallest absolute Gasteiger partial charge is 0.358 e. The minimum Gasteiger partial charge on any atom is -0.461 e. The molecule has 4 aromatic rings. The Hall–Kier alpha value is -4.79. The molecule has 182 valence electrons. The molecule has 0 aliphatic carbocycles. The summed E-state index contributed by atoms with van der Waals surface area (Å²) in [5.74, 6) is -1.11. The van der Waals surface area contributed by atoms with Gasteiger partial charge in [-0.15, -0.1) is 0 Å². The summed E-state index contributed by atoms with van der Waals surface area (Å²) in [7, 11) is 0. The lowest BCUT2D eigenvalue weighted by molar-refractivity contribution is -0.152. The molecule has 2 heterocycles. The molecule has 36 heavy (non-hydrogen) atoms. The topological polar surface area (TPSA) is 112 Å². The van der Waals surface area contributed by atoms with E-state index in [0.29, 0.717) is 28.3 Å². The van der Waals surface area contributed by atoms with Gasteiger partial charge in [0.2, 0.25) is 6.10 Å². The van der Waals surface area contributed by atoms with E-state index in [1.807, 2.05) is 18.2 Å². The van der Waals surface area contributed by atoms with Crippen LogP contribution in [0.5, 0.6) is 0 Å². The van der Waals surface area contributed by atoms with E-state index >= 15 is 0 Å². The van der Waals surface area contributed by atoms with Gasteiger partial charge in [0.25, 0.3) is 5.91 Å². The molecule has 0 aliphatic heterocycles. The fourth-order valence-electron chi connectivity index (χ4n) is 3.58. The molecule has 0 spiro atoms. The summed E-state index contributed by atoms with van der Waals surface area (Å²) in [6, 6.07) is 22.8. The summed E-state index contributed by atoms with van der Waals surface area (Å²) in [5.41, 5.74) is 2.40. The van der Waals surface area contributed by atoms with E-state index < -0.39 is 23.9 Å². The van der Waals surface area contributed by atoms with Crippen molar-refractivity contribution < 1.29 is 23.9 Å². The summed E-state index contributed by atoms with van der Waals surface area (Å²) < 4.78 is 11.9. The van der Waals surface area contributed by atoms with E-state index in [2.05, 4.69) is 15.4 Å². The first-order chi connectivity index (χ1) is 17.5. The molecule has 1 N–H and O–H groups in total. The molecule has 9 heteroatoms. The summed E-state index contributed by atoms with van der Waals surface area (Å²) in [5, 5.41) is 7.21. The lowest BCUT2D eigenvalue weighted by Gasteiger charge is -2.17. The monoisotopic (exact) mass is 484 g/mol. The maximum atomic E-state index is 13.1. The Morgan fingerprint density at radius 3 is 2.44 bits per heavy atom. The molecule has 4 rings (SSSR count). The van der Waals surface area contributed by atoms with Crippen LogP contribution in [0.15, 0.2) is 85.1 Å². The first-order valence-corrected chi connectivity index (χ1v) is 11.3. The molecule has 1 atom stereocenters. The van der Waals surface area contributed by atoms with Gasteiger partial charge in [-0.05, 0) is 37.3 Å². The second kappa shape index (κ2) is 11.1. The highest BCUT2D eigenvalue weighted by atomic mass is 16.5. The Morgan fingerprint density at radius 1 is 0.972 bits per heavy atom. The van der Waals surface area contributed by atoms with Crippen molar-refractivity contribution in [2.75, 3.05) is 11.9 Å². The minimum atomic E-state index is -1.11. The predicted molar refractivity (Wildman–Crippen MR) is 132 cm³/mol. The second-order valence-corrected chi connectivity index (χ2v) is 7.71. The van der Waals surface area contributed by atoms with Crippen molar-refractivity contribution in [3.8, 4) is 17.1 Å². The zero-order valence-corrected chi connectivity index (χ0v) is 19.8. The van der Waals surface area contributed by atoms with Gasteiger partial charge in [0, 0.05) is 29.9 Å².